The maximum atomic E-state index is 13.8. The van der Waals surface area contributed by atoms with Crippen molar-refractivity contribution in [1.82, 2.24) is 10.2 Å². The van der Waals surface area contributed by atoms with Gasteiger partial charge in [-0.05, 0) is 31.7 Å². The molecule has 2 unspecified atom stereocenters. The molecule has 96 valence electrons. The largest absolute Gasteiger partial charge is 0.321 e. The molecule has 3 nitrogen and oxygen atoms in total. The average Bonchev–Trinajstić information content (AvgIpc) is 3.13. The van der Waals surface area contributed by atoms with Crippen LogP contribution in [0.25, 0.3) is 0 Å². The van der Waals surface area contributed by atoms with Gasteiger partial charge in [-0.2, -0.15) is 0 Å². The Morgan fingerprint density at radius 1 is 1.39 bits per heavy atom. The van der Waals surface area contributed by atoms with Crippen LogP contribution in [0, 0.1) is 11.7 Å². The lowest BCUT2D eigenvalue weighted by Gasteiger charge is -2.24. The van der Waals surface area contributed by atoms with Crippen LogP contribution in [0.3, 0.4) is 0 Å². The SMILES string of the molecule is CC1NC(c2ccccc2F)N(CC2CC2)C1=O. The van der Waals surface area contributed by atoms with Crippen LogP contribution < -0.4 is 5.32 Å². The number of carbonyl (C=O) groups is 1. The second-order valence-electron chi connectivity index (χ2n) is 5.25. The van der Waals surface area contributed by atoms with Gasteiger partial charge in [0, 0.05) is 12.1 Å². The predicted octanol–water partition coefficient (Wildman–Crippen LogP) is 2.05. The van der Waals surface area contributed by atoms with E-state index in [0.29, 0.717) is 11.5 Å². The van der Waals surface area contributed by atoms with E-state index in [1.807, 2.05) is 13.0 Å². The van der Waals surface area contributed by atoms with Crippen molar-refractivity contribution in [2.24, 2.45) is 5.92 Å². The maximum Gasteiger partial charge on any atom is 0.241 e. The van der Waals surface area contributed by atoms with E-state index in [1.165, 1.54) is 18.9 Å². The van der Waals surface area contributed by atoms with Crippen LogP contribution in [0.5, 0.6) is 0 Å². The van der Waals surface area contributed by atoms with Crippen LogP contribution in [-0.4, -0.2) is 23.4 Å². The fourth-order valence-corrected chi connectivity index (χ4v) is 2.50. The van der Waals surface area contributed by atoms with E-state index in [4.69, 9.17) is 0 Å². The van der Waals surface area contributed by atoms with Crippen LogP contribution in [0.15, 0.2) is 24.3 Å². The van der Waals surface area contributed by atoms with Crippen molar-refractivity contribution in [2.75, 3.05) is 6.54 Å². The highest BCUT2D eigenvalue weighted by Gasteiger charge is 2.40. The van der Waals surface area contributed by atoms with Gasteiger partial charge in [0.25, 0.3) is 0 Å². The first-order chi connectivity index (χ1) is 8.66. The number of benzene rings is 1. The third-order valence-electron chi connectivity index (χ3n) is 3.72. The molecule has 1 aromatic rings. The van der Waals surface area contributed by atoms with Gasteiger partial charge >= 0.3 is 0 Å². The predicted molar refractivity (Wildman–Crippen MR) is 66.2 cm³/mol. The second kappa shape index (κ2) is 4.35. The van der Waals surface area contributed by atoms with Crippen molar-refractivity contribution in [3.05, 3.63) is 35.6 Å². The average molecular weight is 248 g/mol. The highest BCUT2D eigenvalue weighted by Crippen LogP contribution is 2.35. The summed E-state index contributed by atoms with van der Waals surface area (Å²) in [4.78, 5) is 13.9. The summed E-state index contributed by atoms with van der Waals surface area (Å²) in [6.45, 7) is 2.58. The smallest absolute Gasteiger partial charge is 0.241 e. The number of hydrogen-bond donors (Lipinski definition) is 1. The third kappa shape index (κ3) is 2.01. The molecule has 1 saturated heterocycles. The van der Waals surface area contributed by atoms with Gasteiger partial charge < -0.3 is 4.90 Å². The first kappa shape index (κ1) is 11.7. The summed E-state index contributed by atoms with van der Waals surface area (Å²) in [5, 5.41) is 3.18. The highest BCUT2D eigenvalue weighted by atomic mass is 19.1. The summed E-state index contributed by atoms with van der Waals surface area (Å²) in [6, 6.07) is 6.44. The summed E-state index contributed by atoms with van der Waals surface area (Å²) >= 11 is 0. The quantitative estimate of drug-likeness (QED) is 0.888. The topological polar surface area (TPSA) is 32.3 Å². The first-order valence-corrected chi connectivity index (χ1v) is 6.48. The number of amides is 1. The number of carbonyl (C=O) groups excluding carboxylic acids is 1. The van der Waals surface area contributed by atoms with Gasteiger partial charge in [0.1, 0.15) is 12.0 Å². The van der Waals surface area contributed by atoms with E-state index in [1.54, 1.807) is 17.0 Å². The molecule has 4 heteroatoms. The van der Waals surface area contributed by atoms with Crippen molar-refractivity contribution >= 4 is 5.91 Å². The molecule has 0 bridgehead atoms. The van der Waals surface area contributed by atoms with Crippen LogP contribution in [-0.2, 0) is 4.79 Å². The van der Waals surface area contributed by atoms with E-state index in [0.717, 1.165) is 6.54 Å². The van der Waals surface area contributed by atoms with Crippen LogP contribution in [0.4, 0.5) is 4.39 Å². The lowest BCUT2D eigenvalue weighted by Crippen LogP contribution is -2.32. The Morgan fingerprint density at radius 2 is 2.11 bits per heavy atom. The molecule has 1 N–H and O–H groups in total. The third-order valence-corrected chi connectivity index (χ3v) is 3.72. The van der Waals surface area contributed by atoms with Gasteiger partial charge in [0.2, 0.25) is 5.91 Å². The summed E-state index contributed by atoms with van der Waals surface area (Å²) in [6.07, 6.45) is 2.05. The Bertz CT molecular complexity index is 473. The summed E-state index contributed by atoms with van der Waals surface area (Å²) < 4.78 is 13.8. The fourth-order valence-electron chi connectivity index (χ4n) is 2.50. The lowest BCUT2D eigenvalue weighted by molar-refractivity contribution is -0.130. The van der Waals surface area contributed by atoms with Gasteiger partial charge in [0.05, 0.1) is 6.04 Å². The number of hydrogen-bond acceptors (Lipinski definition) is 2. The van der Waals surface area contributed by atoms with Crippen molar-refractivity contribution in [3.63, 3.8) is 0 Å². The van der Waals surface area contributed by atoms with Gasteiger partial charge in [-0.1, -0.05) is 18.2 Å². The molecule has 0 radical (unpaired) electrons. The fraction of sp³-hybridized carbons (Fsp3) is 0.500. The Morgan fingerprint density at radius 3 is 2.78 bits per heavy atom. The Hall–Kier alpha value is -1.42. The summed E-state index contributed by atoms with van der Waals surface area (Å²) in [7, 11) is 0. The molecule has 0 spiro atoms. The van der Waals surface area contributed by atoms with E-state index in [2.05, 4.69) is 5.32 Å². The van der Waals surface area contributed by atoms with Gasteiger partial charge in [0.15, 0.2) is 0 Å². The first-order valence-electron chi connectivity index (χ1n) is 6.48. The van der Waals surface area contributed by atoms with Crippen LogP contribution >= 0.6 is 0 Å². The second-order valence-corrected chi connectivity index (χ2v) is 5.25. The maximum absolute atomic E-state index is 13.8. The number of nitrogens with one attached hydrogen (secondary N) is 1. The van der Waals surface area contributed by atoms with E-state index in [9.17, 15) is 9.18 Å². The van der Waals surface area contributed by atoms with Crippen molar-refractivity contribution < 1.29 is 9.18 Å². The zero-order valence-electron chi connectivity index (χ0n) is 10.4. The highest BCUT2D eigenvalue weighted by molar-refractivity contribution is 5.84. The normalized spacial score (nSPS) is 27.9. The van der Waals surface area contributed by atoms with Crippen LogP contribution in [0.2, 0.25) is 0 Å². The standard InChI is InChI=1S/C14H17FN2O/c1-9-14(18)17(8-10-6-7-10)13(16-9)11-4-2-3-5-12(11)15/h2-5,9-10,13,16H,6-8H2,1H3. The van der Waals surface area contributed by atoms with Crippen molar-refractivity contribution in [3.8, 4) is 0 Å². The zero-order chi connectivity index (χ0) is 12.7. The van der Waals surface area contributed by atoms with Gasteiger partial charge in [-0.3, -0.25) is 10.1 Å². The molecule has 0 aromatic heterocycles. The van der Waals surface area contributed by atoms with Crippen molar-refractivity contribution in [2.45, 2.75) is 32.0 Å². The minimum atomic E-state index is -0.311. The van der Waals surface area contributed by atoms with E-state index < -0.39 is 0 Å². The number of halogens is 1. The molecule has 3 rings (SSSR count). The molecule has 18 heavy (non-hydrogen) atoms. The molecule has 2 fully saturated rings. The van der Waals surface area contributed by atoms with Crippen LogP contribution in [0.1, 0.15) is 31.5 Å². The van der Waals surface area contributed by atoms with E-state index in [-0.39, 0.29) is 23.9 Å². The number of nitrogens with zero attached hydrogens (tertiary/aromatic N) is 1. The molecule has 1 aliphatic heterocycles. The molecule has 1 aliphatic carbocycles. The molecule has 1 aromatic carbocycles. The minimum absolute atomic E-state index is 0.0788. The Labute approximate surface area is 106 Å². The lowest BCUT2D eigenvalue weighted by atomic mass is 10.1. The summed E-state index contributed by atoms with van der Waals surface area (Å²) in [5.74, 6) is 0.433. The van der Waals surface area contributed by atoms with Gasteiger partial charge in [-0.15, -0.1) is 0 Å². The summed E-state index contributed by atoms with van der Waals surface area (Å²) in [5.41, 5.74) is 0.566. The van der Waals surface area contributed by atoms with E-state index >= 15 is 0 Å². The minimum Gasteiger partial charge on any atom is -0.321 e. The molecule has 1 amide bonds. The zero-order valence-corrected chi connectivity index (χ0v) is 10.4. The molecule has 1 saturated carbocycles. The Balaban J connectivity index is 1.89. The molecular formula is C14H17FN2O. The van der Waals surface area contributed by atoms with Gasteiger partial charge in [-0.25, -0.2) is 4.39 Å². The number of rotatable bonds is 3. The van der Waals surface area contributed by atoms with Crippen molar-refractivity contribution in [1.29, 1.82) is 0 Å². The Kier molecular flexibility index (Phi) is 2.82. The molecule has 2 aliphatic rings. The molecular weight excluding hydrogens is 231 g/mol. The molecule has 2 atom stereocenters. The monoisotopic (exact) mass is 248 g/mol. The molecule has 1 heterocycles.